The highest BCUT2D eigenvalue weighted by Crippen LogP contribution is 2.29. The monoisotopic (exact) mass is 437 g/mol. The van der Waals surface area contributed by atoms with E-state index in [2.05, 4.69) is 4.72 Å². The van der Waals surface area contributed by atoms with Crippen LogP contribution in [0.2, 0.25) is 0 Å². The molecule has 2 fully saturated rings. The smallest absolute Gasteiger partial charge is 0.242 e. The van der Waals surface area contributed by atoms with Gasteiger partial charge in [-0.2, -0.15) is 4.72 Å². The zero-order valence-corrected chi connectivity index (χ0v) is 17.9. The van der Waals surface area contributed by atoms with Crippen LogP contribution in [0.3, 0.4) is 0 Å². The van der Waals surface area contributed by atoms with Crippen LogP contribution in [0.1, 0.15) is 18.4 Å². The molecular weight excluding hydrogens is 410 g/mol. The largest absolute Gasteiger partial charge is 0.342 e. The van der Waals surface area contributed by atoms with Gasteiger partial charge in [0.1, 0.15) is 6.04 Å². The van der Waals surface area contributed by atoms with Gasteiger partial charge in [-0.25, -0.2) is 8.42 Å². The molecule has 0 aliphatic carbocycles. The Morgan fingerprint density at radius 3 is 2.53 bits per heavy atom. The number of benzene rings is 1. The highest BCUT2D eigenvalue weighted by atomic mass is 32.2. The molecule has 0 saturated carbocycles. The Morgan fingerprint density at radius 1 is 1.20 bits per heavy atom. The Kier molecular flexibility index (Phi) is 6.44. The summed E-state index contributed by atoms with van der Waals surface area (Å²) in [6.07, 6.45) is 1.16. The minimum Gasteiger partial charge on any atom is -0.342 e. The Morgan fingerprint density at radius 2 is 1.93 bits per heavy atom. The molecule has 0 radical (unpaired) electrons. The van der Waals surface area contributed by atoms with E-state index in [1.54, 1.807) is 31.0 Å². The van der Waals surface area contributed by atoms with Crippen molar-refractivity contribution in [2.45, 2.75) is 30.7 Å². The van der Waals surface area contributed by atoms with Crippen molar-refractivity contribution >= 4 is 33.4 Å². The molecule has 30 heavy (non-hydrogen) atoms. The van der Waals surface area contributed by atoms with Crippen LogP contribution in [-0.4, -0.2) is 81.8 Å². The van der Waals surface area contributed by atoms with Gasteiger partial charge in [0, 0.05) is 45.3 Å². The van der Waals surface area contributed by atoms with Gasteiger partial charge in [0.15, 0.2) is 0 Å². The number of anilines is 1. The minimum absolute atomic E-state index is 0.0135. The maximum atomic E-state index is 13.1. The fraction of sp³-hybridized carbons (Fsp3) is 0.526. The number of amides is 3. The van der Waals surface area contributed by atoms with Crippen molar-refractivity contribution in [2.75, 3.05) is 44.7 Å². The fourth-order valence-electron chi connectivity index (χ4n) is 3.71. The van der Waals surface area contributed by atoms with Crippen molar-refractivity contribution in [3.8, 4) is 0 Å². The van der Waals surface area contributed by atoms with Crippen molar-refractivity contribution in [1.82, 2.24) is 14.5 Å². The number of carbonyl (C=O) groups excluding carboxylic acids is 3. The molecule has 0 spiro atoms. The molecule has 2 aliphatic rings. The summed E-state index contributed by atoms with van der Waals surface area (Å²) in [7, 11) is -2.44. The van der Waals surface area contributed by atoms with Gasteiger partial charge in [-0.3, -0.25) is 14.4 Å². The molecule has 3 N–H and O–H groups in total. The van der Waals surface area contributed by atoms with E-state index in [0.29, 0.717) is 37.3 Å². The number of nitrogens with two attached hydrogens (primary N) is 1. The van der Waals surface area contributed by atoms with E-state index in [0.717, 1.165) is 6.42 Å². The van der Waals surface area contributed by atoms with Gasteiger partial charge >= 0.3 is 0 Å². The van der Waals surface area contributed by atoms with Gasteiger partial charge in [0.05, 0.1) is 11.4 Å². The van der Waals surface area contributed by atoms with Crippen LogP contribution in [0.15, 0.2) is 23.1 Å². The Balaban J connectivity index is 1.82. The van der Waals surface area contributed by atoms with E-state index in [4.69, 9.17) is 5.73 Å². The van der Waals surface area contributed by atoms with Crippen molar-refractivity contribution in [3.63, 3.8) is 0 Å². The number of carbonyl (C=O) groups is 3. The fourth-order valence-corrected chi connectivity index (χ4v) is 5.17. The van der Waals surface area contributed by atoms with Crippen molar-refractivity contribution in [2.24, 2.45) is 5.73 Å². The minimum atomic E-state index is -4.09. The second-order valence-corrected chi connectivity index (χ2v) is 9.22. The zero-order chi connectivity index (χ0) is 22.1. The lowest BCUT2D eigenvalue weighted by Gasteiger charge is -2.34. The molecule has 3 amide bonds. The SMILES string of the molecule is Cc1c(N2CCCC2=O)cccc1S(=O)(=O)N[C@@H](CN)C(=O)N1CCN(C)C(=O)C1. The van der Waals surface area contributed by atoms with Crippen LogP contribution in [-0.2, 0) is 24.4 Å². The van der Waals surface area contributed by atoms with Gasteiger partial charge in [-0.1, -0.05) is 6.07 Å². The van der Waals surface area contributed by atoms with Gasteiger partial charge in [0.25, 0.3) is 0 Å². The number of sulfonamides is 1. The van der Waals surface area contributed by atoms with E-state index in [1.807, 2.05) is 0 Å². The van der Waals surface area contributed by atoms with E-state index in [-0.39, 0.29) is 29.8 Å². The predicted octanol–water partition coefficient (Wildman–Crippen LogP) is -0.972. The molecule has 2 saturated heterocycles. The molecule has 164 valence electrons. The summed E-state index contributed by atoms with van der Waals surface area (Å²) in [5.74, 6) is -0.798. The molecule has 10 nitrogen and oxygen atoms in total. The molecule has 0 aromatic heterocycles. The van der Waals surface area contributed by atoms with Crippen LogP contribution >= 0.6 is 0 Å². The summed E-state index contributed by atoms with van der Waals surface area (Å²) >= 11 is 0. The maximum Gasteiger partial charge on any atom is 0.242 e. The quantitative estimate of drug-likeness (QED) is 0.588. The average Bonchev–Trinajstić information content (AvgIpc) is 3.13. The number of likely N-dealkylation sites (N-methyl/N-ethyl adjacent to an activating group) is 1. The van der Waals surface area contributed by atoms with Gasteiger partial charge in [-0.05, 0) is 31.0 Å². The first-order chi connectivity index (χ1) is 14.2. The van der Waals surface area contributed by atoms with E-state index in [9.17, 15) is 22.8 Å². The first-order valence-corrected chi connectivity index (χ1v) is 11.3. The summed E-state index contributed by atoms with van der Waals surface area (Å²) in [6.45, 7) is 2.50. The van der Waals surface area contributed by atoms with Crippen LogP contribution in [0.25, 0.3) is 0 Å². The summed E-state index contributed by atoms with van der Waals surface area (Å²) < 4.78 is 28.5. The summed E-state index contributed by atoms with van der Waals surface area (Å²) in [6, 6.07) is 3.52. The second-order valence-electron chi connectivity index (χ2n) is 7.53. The highest BCUT2D eigenvalue weighted by molar-refractivity contribution is 7.89. The highest BCUT2D eigenvalue weighted by Gasteiger charge is 2.33. The Bertz CT molecular complexity index is 964. The molecule has 3 rings (SSSR count). The number of piperazine rings is 1. The van der Waals surface area contributed by atoms with Crippen molar-refractivity contribution in [3.05, 3.63) is 23.8 Å². The Labute approximate surface area is 176 Å². The first-order valence-electron chi connectivity index (χ1n) is 9.81. The summed E-state index contributed by atoms with van der Waals surface area (Å²) in [5.41, 5.74) is 6.66. The molecule has 11 heteroatoms. The van der Waals surface area contributed by atoms with Gasteiger partial charge in [-0.15, -0.1) is 0 Å². The van der Waals surface area contributed by atoms with E-state index in [1.165, 1.54) is 15.9 Å². The summed E-state index contributed by atoms with van der Waals surface area (Å²) in [5, 5.41) is 0. The zero-order valence-electron chi connectivity index (χ0n) is 17.1. The topological polar surface area (TPSA) is 133 Å². The molecule has 0 unspecified atom stereocenters. The van der Waals surface area contributed by atoms with Crippen LogP contribution < -0.4 is 15.4 Å². The third kappa shape index (κ3) is 4.32. The van der Waals surface area contributed by atoms with E-state index >= 15 is 0 Å². The predicted molar refractivity (Wildman–Crippen MR) is 110 cm³/mol. The lowest BCUT2D eigenvalue weighted by atomic mass is 10.2. The lowest BCUT2D eigenvalue weighted by Crippen LogP contribution is -2.57. The molecule has 2 heterocycles. The molecular formula is C19H27N5O5S. The standard InChI is InChI=1S/C19H27N5O5S/c1-13-15(24-8-4-7-17(24)25)5-3-6-16(13)30(28,29)21-14(11-20)19(27)23-10-9-22(2)18(26)12-23/h3,5-6,14,21H,4,7-12,20H2,1-2H3/t14-/m0/s1. The van der Waals surface area contributed by atoms with Crippen LogP contribution in [0.4, 0.5) is 5.69 Å². The third-order valence-corrected chi connectivity index (χ3v) is 7.13. The van der Waals surface area contributed by atoms with Gasteiger partial charge < -0.3 is 20.4 Å². The lowest BCUT2D eigenvalue weighted by molar-refractivity contribution is -0.144. The molecule has 0 bridgehead atoms. The average molecular weight is 438 g/mol. The van der Waals surface area contributed by atoms with Gasteiger partial charge in [0.2, 0.25) is 27.7 Å². The molecule has 1 atom stereocenters. The summed E-state index contributed by atoms with van der Waals surface area (Å²) in [4.78, 5) is 41.2. The van der Waals surface area contributed by atoms with Crippen LogP contribution in [0.5, 0.6) is 0 Å². The van der Waals surface area contributed by atoms with Crippen molar-refractivity contribution in [1.29, 1.82) is 0 Å². The Hall–Kier alpha value is -2.50. The normalized spacial score (nSPS) is 18.8. The number of nitrogens with zero attached hydrogens (tertiary/aromatic N) is 3. The molecule has 2 aliphatic heterocycles. The molecule has 1 aromatic carbocycles. The number of hydrogen-bond acceptors (Lipinski definition) is 6. The number of nitrogens with one attached hydrogen (secondary N) is 1. The van der Waals surface area contributed by atoms with Crippen LogP contribution in [0, 0.1) is 6.92 Å². The molecule has 1 aromatic rings. The number of rotatable bonds is 6. The maximum absolute atomic E-state index is 13.1. The van der Waals surface area contributed by atoms with E-state index < -0.39 is 22.0 Å². The third-order valence-electron chi connectivity index (χ3n) is 5.51. The number of hydrogen-bond donors (Lipinski definition) is 2. The first kappa shape index (κ1) is 22.2. The van der Waals surface area contributed by atoms with Crippen molar-refractivity contribution < 1.29 is 22.8 Å². The second kappa shape index (κ2) is 8.70.